The highest BCUT2D eigenvalue weighted by atomic mass is 35.5. The lowest BCUT2D eigenvalue weighted by molar-refractivity contribution is -0.384. The van der Waals surface area contributed by atoms with Gasteiger partial charge in [-0.1, -0.05) is 24.6 Å². The van der Waals surface area contributed by atoms with Crippen LogP contribution in [-0.4, -0.2) is 10.5 Å². The number of hydrogen-bond donors (Lipinski definition) is 1. The van der Waals surface area contributed by atoms with Crippen LogP contribution in [0.3, 0.4) is 0 Å². The first kappa shape index (κ1) is 12.9. The molecular formula is C11H15ClN2O2. The predicted molar refractivity (Wildman–Crippen MR) is 64.7 cm³/mol. The first-order valence-electron chi connectivity index (χ1n) is 5.07. The highest BCUT2D eigenvalue weighted by Crippen LogP contribution is 2.25. The summed E-state index contributed by atoms with van der Waals surface area (Å²) in [6.07, 6.45) is 1.43. The molecule has 1 aromatic carbocycles. The highest BCUT2D eigenvalue weighted by Gasteiger charge is 2.19. The fraction of sp³-hybridized carbons (Fsp3) is 0.455. The van der Waals surface area contributed by atoms with E-state index in [9.17, 15) is 10.1 Å². The average molecular weight is 243 g/mol. The number of nitrogens with two attached hydrogens (primary N) is 1. The molecule has 1 atom stereocenters. The van der Waals surface area contributed by atoms with Crippen molar-refractivity contribution in [1.82, 2.24) is 0 Å². The Bertz CT molecular complexity index is 405. The molecule has 0 radical (unpaired) electrons. The lowest BCUT2D eigenvalue weighted by atomic mass is 9.91. The molecule has 0 fully saturated rings. The Morgan fingerprint density at radius 2 is 2.19 bits per heavy atom. The third-order valence-electron chi connectivity index (χ3n) is 2.65. The lowest BCUT2D eigenvalue weighted by Gasteiger charge is -2.23. The normalized spacial score (nSPS) is 14.5. The second-order valence-electron chi connectivity index (χ2n) is 4.22. The Morgan fingerprint density at radius 3 is 2.62 bits per heavy atom. The Hall–Kier alpha value is -1.13. The summed E-state index contributed by atoms with van der Waals surface area (Å²) in [5, 5.41) is 10.9. The molecule has 2 N–H and O–H groups in total. The molecule has 0 saturated heterocycles. The zero-order valence-electron chi connectivity index (χ0n) is 9.37. The molecule has 0 spiro atoms. The minimum absolute atomic E-state index is 0.00368. The number of hydrogen-bond acceptors (Lipinski definition) is 3. The number of halogens is 1. The zero-order valence-corrected chi connectivity index (χ0v) is 10.1. The van der Waals surface area contributed by atoms with Gasteiger partial charge in [-0.05, 0) is 25.3 Å². The van der Waals surface area contributed by atoms with Gasteiger partial charge in [0.2, 0.25) is 0 Å². The smallest absolute Gasteiger partial charge is 0.270 e. The van der Waals surface area contributed by atoms with Gasteiger partial charge < -0.3 is 5.73 Å². The molecule has 16 heavy (non-hydrogen) atoms. The fourth-order valence-electron chi connectivity index (χ4n) is 1.35. The van der Waals surface area contributed by atoms with Gasteiger partial charge in [0, 0.05) is 17.7 Å². The molecule has 5 heteroatoms. The molecule has 0 bridgehead atoms. The maximum atomic E-state index is 10.5. The summed E-state index contributed by atoms with van der Waals surface area (Å²) in [7, 11) is 0. The van der Waals surface area contributed by atoms with Gasteiger partial charge in [-0.2, -0.15) is 0 Å². The largest absolute Gasteiger partial charge is 0.325 e. The Labute approximate surface area is 99.6 Å². The summed E-state index contributed by atoms with van der Waals surface area (Å²) in [4.78, 5) is 10.1. The van der Waals surface area contributed by atoms with Gasteiger partial charge in [-0.25, -0.2) is 0 Å². The summed E-state index contributed by atoms with van der Waals surface area (Å²) in [5.41, 5.74) is 6.54. The van der Waals surface area contributed by atoms with Gasteiger partial charge in [0.15, 0.2) is 0 Å². The van der Waals surface area contributed by atoms with Gasteiger partial charge in [-0.15, -0.1) is 0 Å². The van der Waals surface area contributed by atoms with E-state index in [0.29, 0.717) is 11.4 Å². The SMILES string of the molecule is CCC(C)(N)Cc1ccc([N+](=O)[O-])cc1Cl. The van der Waals surface area contributed by atoms with Crippen molar-refractivity contribution in [2.75, 3.05) is 0 Å². The molecule has 0 heterocycles. The van der Waals surface area contributed by atoms with Crippen LogP contribution in [0.5, 0.6) is 0 Å². The molecule has 0 saturated carbocycles. The predicted octanol–water partition coefficient (Wildman–Crippen LogP) is 2.92. The number of rotatable bonds is 4. The first-order valence-corrected chi connectivity index (χ1v) is 5.45. The van der Waals surface area contributed by atoms with E-state index in [-0.39, 0.29) is 11.2 Å². The number of nitro benzene ring substituents is 1. The molecule has 1 rings (SSSR count). The topological polar surface area (TPSA) is 69.2 Å². The summed E-state index contributed by atoms with van der Waals surface area (Å²) in [6, 6.07) is 4.48. The monoisotopic (exact) mass is 242 g/mol. The van der Waals surface area contributed by atoms with Gasteiger partial charge in [0.1, 0.15) is 0 Å². The summed E-state index contributed by atoms with van der Waals surface area (Å²) < 4.78 is 0. The molecule has 0 amide bonds. The molecule has 0 aliphatic heterocycles. The molecule has 0 aromatic heterocycles. The van der Waals surface area contributed by atoms with Crippen LogP contribution in [-0.2, 0) is 6.42 Å². The standard InChI is InChI=1S/C11H15ClN2O2/c1-3-11(2,13)7-8-4-5-9(14(15)16)6-10(8)12/h4-6H,3,7,13H2,1-2H3. The lowest BCUT2D eigenvalue weighted by Crippen LogP contribution is -2.37. The third kappa shape index (κ3) is 3.18. The number of benzene rings is 1. The molecule has 4 nitrogen and oxygen atoms in total. The van der Waals surface area contributed by atoms with Crippen molar-refractivity contribution in [3.63, 3.8) is 0 Å². The van der Waals surface area contributed by atoms with Gasteiger partial charge in [-0.3, -0.25) is 10.1 Å². The minimum atomic E-state index is -0.461. The maximum absolute atomic E-state index is 10.5. The molecular weight excluding hydrogens is 228 g/mol. The van der Waals surface area contributed by atoms with E-state index in [0.717, 1.165) is 12.0 Å². The second-order valence-corrected chi connectivity index (χ2v) is 4.62. The van der Waals surface area contributed by atoms with E-state index in [2.05, 4.69) is 0 Å². The minimum Gasteiger partial charge on any atom is -0.325 e. The van der Waals surface area contributed by atoms with Crippen molar-refractivity contribution < 1.29 is 4.92 Å². The fourth-order valence-corrected chi connectivity index (χ4v) is 1.59. The Kier molecular flexibility index (Phi) is 3.88. The summed E-state index contributed by atoms with van der Waals surface area (Å²) in [5.74, 6) is 0. The van der Waals surface area contributed by atoms with Crippen LogP contribution < -0.4 is 5.73 Å². The van der Waals surface area contributed by atoms with Crippen molar-refractivity contribution in [1.29, 1.82) is 0 Å². The molecule has 1 aromatic rings. The summed E-state index contributed by atoms with van der Waals surface area (Å²) in [6.45, 7) is 3.93. The van der Waals surface area contributed by atoms with Crippen molar-refractivity contribution >= 4 is 17.3 Å². The van der Waals surface area contributed by atoms with E-state index in [1.165, 1.54) is 12.1 Å². The average Bonchev–Trinajstić information content (AvgIpc) is 2.20. The van der Waals surface area contributed by atoms with Gasteiger partial charge in [0.25, 0.3) is 5.69 Å². The van der Waals surface area contributed by atoms with Crippen LogP contribution in [0.15, 0.2) is 18.2 Å². The third-order valence-corrected chi connectivity index (χ3v) is 3.00. The van der Waals surface area contributed by atoms with E-state index in [1.54, 1.807) is 6.07 Å². The highest BCUT2D eigenvalue weighted by molar-refractivity contribution is 6.31. The van der Waals surface area contributed by atoms with Gasteiger partial charge in [0.05, 0.1) is 9.95 Å². The zero-order chi connectivity index (χ0) is 12.3. The van der Waals surface area contributed by atoms with E-state index >= 15 is 0 Å². The van der Waals surface area contributed by atoms with Crippen molar-refractivity contribution in [3.05, 3.63) is 38.9 Å². The van der Waals surface area contributed by atoms with E-state index in [4.69, 9.17) is 17.3 Å². The molecule has 88 valence electrons. The molecule has 0 aliphatic carbocycles. The van der Waals surface area contributed by atoms with E-state index < -0.39 is 4.92 Å². The van der Waals surface area contributed by atoms with Crippen molar-refractivity contribution in [2.24, 2.45) is 5.73 Å². The van der Waals surface area contributed by atoms with Crippen LogP contribution >= 0.6 is 11.6 Å². The second kappa shape index (κ2) is 4.80. The van der Waals surface area contributed by atoms with Crippen LogP contribution in [0, 0.1) is 10.1 Å². The number of non-ortho nitro benzene ring substituents is 1. The molecule has 0 aliphatic rings. The number of nitro groups is 1. The van der Waals surface area contributed by atoms with Crippen LogP contribution in [0.4, 0.5) is 5.69 Å². The Morgan fingerprint density at radius 1 is 1.56 bits per heavy atom. The Balaban J connectivity index is 2.96. The van der Waals surface area contributed by atoms with Crippen LogP contribution in [0.2, 0.25) is 5.02 Å². The quantitative estimate of drug-likeness (QED) is 0.652. The van der Waals surface area contributed by atoms with E-state index in [1.807, 2.05) is 13.8 Å². The maximum Gasteiger partial charge on any atom is 0.270 e. The number of nitrogens with zero attached hydrogens (tertiary/aromatic N) is 1. The van der Waals surface area contributed by atoms with Crippen molar-refractivity contribution in [3.8, 4) is 0 Å². The van der Waals surface area contributed by atoms with Crippen LogP contribution in [0.1, 0.15) is 25.8 Å². The first-order chi connectivity index (χ1) is 7.35. The van der Waals surface area contributed by atoms with Gasteiger partial charge >= 0.3 is 0 Å². The molecule has 1 unspecified atom stereocenters. The van der Waals surface area contributed by atoms with Crippen molar-refractivity contribution in [2.45, 2.75) is 32.2 Å². The summed E-state index contributed by atoms with van der Waals surface area (Å²) >= 11 is 5.98. The van der Waals surface area contributed by atoms with Crippen LogP contribution in [0.25, 0.3) is 0 Å².